The number of nitrogen functional groups attached to an aromatic ring is 1. The first-order valence-corrected chi connectivity index (χ1v) is 7.35. The molecule has 114 valence electrons. The normalized spacial score (nSPS) is 17.9. The second kappa shape index (κ2) is 6.12. The number of hydrogen-bond acceptors (Lipinski definition) is 3. The Morgan fingerprint density at radius 2 is 1.86 bits per heavy atom. The molecule has 1 atom stereocenters. The molecule has 2 amide bonds. The summed E-state index contributed by atoms with van der Waals surface area (Å²) in [5.41, 5.74) is 6.26. The zero-order valence-electron chi connectivity index (χ0n) is 11.9. The van der Waals surface area contributed by atoms with Crippen molar-refractivity contribution >= 4 is 40.7 Å². The maximum Gasteiger partial charge on any atom is 0.254 e. The van der Waals surface area contributed by atoms with E-state index in [4.69, 9.17) is 28.9 Å². The monoisotopic (exact) mass is 329 g/mol. The number of amides is 2. The van der Waals surface area contributed by atoms with Crippen LogP contribution in [0.4, 0.5) is 5.69 Å². The summed E-state index contributed by atoms with van der Waals surface area (Å²) in [6.45, 7) is 0.544. The Balaban J connectivity index is 2.29. The van der Waals surface area contributed by atoms with Gasteiger partial charge in [0.25, 0.3) is 5.91 Å². The van der Waals surface area contributed by atoms with Crippen molar-refractivity contribution < 1.29 is 9.59 Å². The van der Waals surface area contributed by atoms with Gasteiger partial charge in [0.05, 0.1) is 15.7 Å². The van der Waals surface area contributed by atoms with Gasteiger partial charge in [-0.15, -0.1) is 0 Å². The Hall–Kier alpha value is -1.46. The third-order valence-corrected chi connectivity index (χ3v) is 4.19. The molecule has 0 saturated carbocycles. The van der Waals surface area contributed by atoms with Gasteiger partial charge in [-0.05, 0) is 25.0 Å². The minimum Gasteiger partial charge on any atom is -0.396 e. The fourth-order valence-corrected chi connectivity index (χ4v) is 2.93. The molecule has 0 spiro atoms. The van der Waals surface area contributed by atoms with Gasteiger partial charge in [0.1, 0.15) is 6.04 Å². The van der Waals surface area contributed by atoms with E-state index in [9.17, 15) is 9.59 Å². The van der Waals surface area contributed by atoms with Gasteiger partial charge in [-0.3, -0.25) is 9.59 Å². The summed E-state index contributed by atoms with van der Waals surface area (Å²) in [4.78, 5) is 27.8. The van der Waals surface area contributed by atoms with Crippen LogP contribution in [0.2, 0.25) is 10.0 Å². The Labute approximate surface area is 133 Å². The van der Waals surface area contributed by atoms with Gasteiger partial charge in [-0.1, -0.05) is 23.2 Å². The first-order chi connectivity index (χ1) is 9.82. The van der Waals surface area contributed by atoms with Gasteiger partial charge in [-0.2, -0.15) is 0 Å². The standard InChI is InChI=1S/C14H17Cl2N3O2/c1-18(2)14(21)11-4-3-5-19(11)13(20)8-6-9(15)12(17)10(16)7-8/h6-7,11H,3-5,17H2,1-2H3. The predicted octanol–water partition coefficient (Wildman–Crippen LogP) is 2.27. The molecule has 0 bridgehead atoms. The molecule has 1 heterocycles. The van der Waals surface area contributed by atoms with Crippen LogP contribution in [0.15, 0.2) is 12.1 Å². The molecule has 1 unspecified atom stereocenters. The van der Waals surface area contributed by atoms with E-state index in [1.54, 1.807) is 19.0 Å². The van der Waals surface area contributed by atoms with E-state index in [1.165, 1.54) is 17.0 Å². The number of anilines is 1. The summed E-state index contributed by atoms with van der Waals surface area (Å²) in [6.07, 6.45) is 1.46. The van der Waals surface area contributed by atoms with Crippen molar-refractivity contribution in [1.29, 1.82) is 0 Å². The van der Waals surface area contributed by atoms with Crippen molar-refractivity contribution in [2.24, 2.45) is 0 Å². The van der Waals surface area contributed by atoms with Crippen LogP contribution in [-0.4, -0.2) is 48.3 Å². The highest BCUT2D eigenvalue weighted by atomic mass is 35.5. The largest absolute Gasteiger partial charge is 0.396 e. The molecule has 1 fully saturated rings. The molecule has 7 heteroatoms. The molecule has 21 heavy (non-hydrogen) atoms. The van der Waals surface area contributed by atoms with E-state index >= 15 is 0 Å². The summed E-state index contributed by atoms with van der Waals surface area (Å²) >= 11 is 11.9. The van der Waals surface area contributed by atoms with E-state index in [2.05, 4.69) is 0 Å². The summed E-state index contributed by atoms with van der Waals surface area (Å²) in [5.74, 6) is -0.329. The number of nitrogens with zero attached hydrogens (tertiary/aromatic N) is 2. The summed E-state index contributed by atoms with van der Waals surface area (Å²) in [5, 5.41) is 0.473. The fourth-order valence-electron chi connectivity index (χ4n) is 2.44. The molecule has 0 radical (unpaired) electrons. The summed E-state index contributed by atoms with van der Waals surface area (Å²) in [6, 6.07) is 2.55. The molecule has 0 aliphatic carbocycles. The van der Waals surface area contributed by atoms with Crippen LogP contribution in [0, 0.1) is 0 Å². The minimum absolute atomic E-state index is 0.0755. The van der Waals surface area contributed by atoms with Crippen molar-refractivity contribution in [3.63, 3.8) is 0 Å². The van der Waals surface area contributed by atoms with Gasteiger partial charge in [0.2, 0.25) is 5.91 Å². The number of nitrogens with two attached hydrogens (primary N) is 1. The van der Waals surface area contributed by atoms with Crippen molar-refractivity contribution in [3.8, 4) is 0 Å². The Bertz CT molecular complexity index is 567. The van der Waals surface area contributed by atoms with Crippen LogP contribution in [0.5, 0.6) is 0 Å². The lowest BCUT2D eigenvalue weighted by molar-refractivity contribution is -0.132. The van der Waals surface area contributed by atoms with E-state index < -0.39 is 6.04 Å². The number of carbonyl (C=O) groups is 2. The number of hydrogen-bond donors (Lipinski definition) is 1. The van der Waals surface area contributed by atoms with E-state index in [0.29, 0.717) is 18.5 Å². The average Bonchev–Trinajstić information content (AvgIpc) is 2.91. The van der Waals surface area contributed by atoms with Crippen molar-refractivity contribution in [1.82, 2.24) is 9.80 Å². The average molecular weight is 330 g/mol. The Morgan fingerprint density at radius 1 is 1.29 bits per heavy atom. The lowest BCUT2D eigenvalue weighted by Crippen LogP contribution is -2.45. The number of benzene rings is 1. The van der Waals surface area contributed by atoms with Crippen LogP contribution in [-0.2, 0) is 4.79 Å². The van der Waals surface area contributed by atoms with Gasteiger partial charge in [0.15, 0.2) is 0 Å². The number of likely N-dealkylation sites (N-methyl/N-ethyl adjacent to an activating group) is 1. The first-order valence-electron chi connectivity index (χ1n) is 6.59. The molecule has 1 aliphatic rings. The molecule has 1 aromatic carbocycles. The molecule has 1 saturated heterocycles. The second-order valence-corrected chi connectivity index (χ2v) is 6.06. The number of carbonyl (C=O) groups excluding carboxylic acids is 2. The van der Waals surface area contributed by atoms with Crippen LogP contribution < -0.4 is 5.73 Å². The maximum absolute atomic E-state index is 12.6. The third-order valence-electron chi connectivity index (χ3n) is 3.57. The van der Waals surface area contributed by atoms with Crippen molar-refractivity contribution in [3.05, 3.63) is 27.7 Å². The van der Waals surface area contributed by atoms with Crippen LogP contribution in [0.3, 0.4) is 0 Å². The predicted molar refractivity (Wildman–Crippen MR) is 83.6 cm³/mol. The molecule has 2 rings (SSSR count). The SMILES string of the molecule is CN(C)C(=O)C1CCCN1C(=O)c1cc(Cl)c(N)c(Cl)c1. The van der Waals surface area contributed by atoms with Crippen molar-refractivity contribution in [2.45, 2.75) is 18.9 Å². The van der Waals surface area contributed by atoms with E-state index in [0.717, 1.165) is 6.42 Å². The molecular formula is C14H17Cl2N3O2. The summed E-state index contributed by atoms with van der Waals surface area (Å²) < 4.78 is 0. The fraction of sp³-hybridized carbons (Fsp3) is 0.429. The Morgan fingerprint density at radius 3 is 2.38 bits per heavy atom. The summed E-state index contributed by atoms with van der Waals surface area (Å²) in [7, 11) is 3.36. The number of halogens is 2. The van der Waals surface area contributed by atoms with Gasteiger partial charge < -0.3 is 15.5 Å². The lowest BCUT2D eigenvalue weighted by Gasteiger charge is -2.26. The molecule has 1 aromatic rings. The topological polar surface area (TPSA) is 66.6 Å². The van der Waals surface area contributed by atoms with Gasteiger partial charge >= 0.3 is 0 Å². The number of likely N-dealkylation sites (tertiary alicyclic amines) is 1. The van der Waals surface area contributed by atoms with Crippen molar-refractivity contribution in [2.75, 3.05) is 26.4 Å². The highest BCUT2D eigenvalue weighted by Crippen LogP contribution is 2.30. The van der Waals surface area contributed by atoms with Gasteiger partial charge in [0, 0.05) is 26.2 Å². The first kappa shape index (κ1) is 15.9. The zero-order chi connectivity index (χ0) is 15.7. The highest BCUT2D eigenvalue weighted by molar-refractivity contribution is 6.39. The van der Waals surface area contributed by atoms with Crippen LogP contribution in [0.1, 0.15) is 23.2 Å². The molecular weight excluding hydrogens is 313 g/mol. The number of rotatable bonds is 2. The van der Waals surface area contributed by atoms with Gasteiger partial charge in [-0.25, -0.2) is 0 Å². The quantitative estimate of drug-likeness (QED) is 0.846. The van der Waals surface area contributed by atoms with E-state index in [-0.39, 0.29) is 27.5 Å². The maximum atomic E-state index is 12.6. The second-order valence-electron chi connectivity index (χ2n) is 5.24. The minimum atomic E-state index is -0.428. The van der Waals surface area contributed by atoms with E-state index in [1.807, 2.05) is 0 Å². The van der Waals surface area contributed by atoms with Crippen LogP contribution >= 0.6 is 23.2 Å². The Kier molecular flexibility index (Phi) is 4.64. The molecule has 2 N–H and O–H groups in total. The molecule has 0 aromatic heterocycles. The zero-order valence-corrected chi connectivity index (χ0v) is 13.4. The third kappa shape index (κ3) is 3.09. The lowest BCUT2D eigenvalue weighted by atomic mass is 10.1. The van der Waals surface area contributed by atoms with Crippen LogP contribution in [0.25, 0.3) is 0 Å². The molecule has 5 nitrogen and oxygen atoms in total. The smallest absolute Gasteiger partial charge is 0.254 e. The molecule has 1 aliphatic heterocycles. The highest BCUT2D eigenvalue weighted by Gasteiger charge is 2.35.